The molecule has 3 aliphatic rings. The number of nitrogens with zero attached hydrogens (tertiary/aromatic N) is 2. The van der Waals surface area contributed by atoms with E-state index in [1.165, 1.54) is 10.5 Å². The summed E-state index contributed by atoms with van der Waals surface area (Å²) in [5, 5.41) is 6.38. The zero-order valence-electron chi connectivity index (χ0n) is 15.5. The summed E-state index contributed by atoms with van der Waals surface area (Å²) in [7, 11) is 0. The van der Waals surface area contributed by atoms with Crippen molar-refractivity contribution in [1.29, 1.82) is 0 Å². The smallest absolute Gasteiger partial charge is 0.256 e. The lowest BCUT2D eigenvalue weighted by Gasteiger charge is -2.19. The van der Waals surface area contributed by atoms with E-state index >= 15 is 0 Å². The standard InChI is InChI=1S/C21H19N3O4/c1-10-7-13-9-15(10)18-17(13)20(26)24(21(18)27)14-5-3-12(4-6-14)19(25)22-16-8-11(2)28-23-16/h3-8,13,15,17-18H,9H2,1-2H3,(H,22,23,25)/t13-,15-,17-,18+/m1/s1. The van der Waals surface area contributed by atoms with Gasteiger partial charge in [0, 0.05) is 11.6 Å². The minimum Gasteiger partial charge on any atom is -0.360 e. The zero-order chi connectivity index (χ0) is 19.6. The Balaban J connectivity index is 1.36. The van der Waals surface area contributed by atoms with Gasteiger partial charge in [-0.1, -0.05) is 16.8 Å². The summed E-state index contributed by atoms with van der Waals surface area (Å²) in [6.07, 6.45) is 3.06. The van der Waals surface area contributed by atoms with E-state index < -0.39 is 0 Å². The van der Waals surface area contributed by atoms with Crippen molar-refractivity contribution in [3.05, 3.63) is 53.3 Å². The van der Waals surface area contributed by atoms with Crippen LogP contribution in [0.5, 0.6) is 0 Å². The molecule has 2 bridgehead atoms. The maximum absolute atomic E-state index is 13.0. The third kappa shape index (κ3) is 2.35. The van der Waals surface area contributed by atoms with Gasteiger partial charge in [-0.3, -0.25) is 19.3 Å². The molecule has 0 spiro atoms. The topological polar surface area (TPSA) is 92.5 Å². The molecule has 7 heteroatoms. The predicted molar refractivity (Wildman–Crippen MR) is 100 cm³/mol. The number of benzene rings is 1. The monoisotopic (exact) mass is 377 g/mol. The van der Waals surface area contributed by atoms with Gasteiger partial charge in [0.15, 0.2) is 5.82 Å². The highest BCUT2D eigenvalue weighted by molar-refractivity contribution is 6.23. The number of nitrogens with one attached hydrogen (secondary N) is 1. The van der Waals surface area contributed by atoms with E-state index in [-0.39, 0.29) is 41.4 Å². The molecule has 1 saturated heterocycles. The van der Waals surface area contributed by atoms with E-state index in [0.717, 1.165) is 6.42 Å². The van der Waals surface area contributed by atoms with Gasteiger partial charge in [0.1, 0.15) is 5.76 Å². The number of allylic oxidation sites excluding steroid dienone is 2. The molecule has 1 aliphatic heterocycles. The molecule has 4 atom stereocenters. The molecule has 2 heterocycles. The quantitative estimate of drug-likeness (QED) is 0.656. The molecule has 1 saturated carbocycles. The molecule has 1 N–H and O–H groups in total. The molecule has 5 rings (SSSR count). The Labute approximate surface area is 161 Å². The van der Waals surface area contributed by atoms with E-state index in [2.05, 4.69) is 16.5 Å². The number of anilines is 2. The number of hydrogen-bond acceptors (Lipinski definition) is 5. The zero-order valence-corrected chi connectivity index (χ0v) is 15.5. The molecule has 3 amide bonds. The summed E-state index contributed by atoms with van der Waals surface area (Å²) >= 11 is 0. The van der Waals surface area contributed by atoms with Crippen LogP contribution >= 0.6 is 0 Å². The first kappa shape index (κ1) is 16.9. The van der Waals surface area contributed by atoms with Gasteiger partial charge in [0.2, 0.25) is 11.8 Å². The van der Waals surface area contributed by atoms with Gasteiger partial charge in [0.05, 0.1) is 17.5 Å². The molecule has 0 unspecified atom stereocenters. The Morgan fingerprint density at radius 3 is 2.54 bits per heavy atom. The van der Waals surface area contributed by atoms with Gasteiger partial charge in [-0.15, -0.1) is 0 Å². The maximum atomic E-state index is 13.0. The number of aryl methyl sites for hydroxylation is 1. The van der Waals surface area contributed by atoms with Crippen molar-refractivity contribution in [1.82, 2.24) is 5.16 Å². The van der Waals surface area contributed by atoms with Crippen molar-refractivity contribution in [2.45, 2.75) is 20.3 Å². The number of rotatable bonds is 3. The highest BCUT2D eigenvalue weighted by Crippen LogP contribution is 2.55. The Bertz CT molecular complexity index is 1040. The fourth-order valence-corrected chi connectivity index (χ4v) is 4.90. The highest BCUT2D eigenvalue weighted by Gasteiger charge is 2.60. The molecule has 2 aromatic rings. The normalized spacial score (nSPS) is 27.9. The van der Waals surface area contributed by atoms with Gasteiger partial charge in [0.25, 0.3) is 5.91 Å². The second-order valence-corrected chi connectivity index (χ2v) is 7.80. The van der Waals surface area contributed by atoms with Gasteiger partial charge in [-0.2, -0.15) is 0 Å². The van der Waals surface area contributed by atoms with Crippen molar-refractivity contribution in [2.75, 3.05) is 10.2 Å². The predicted octanol–water partition coefficient (Wildman–Crippen LogP) is 2.94. The van der Waals surface area contributed by atoms with Crippen LogP contribution in [-0.2, 0) is 9.59 Å². The molecule has 0 radical (unpaired) electrons. The van der Waals surface area contributed by atoms with Crippen molar-refractivity contribution < 1.29 is 18.9 Å². The highest BCUT2D eigenvalue weighted by atomic mass is 16.5. The number of carbonyl (C=O) groups is 3. The SMILES string of the molecule is CC1=C[C@@H]2C[C@H]1[C@@H]1C(=O)N(c3ccc(C(=O)Nc4cc(C)on4)cc3)C(=O)[C@@H]12. The van der Waals surface area contributed by atoms with E-state index in [0.29, 0.717) is 22.8 Å². The van der Waals surface area contributed by atoms with Crippen molar-refractivity contribution in [3.63, 3.8) is 0 Å². The van der Waals surface area contributed by atoms with Gasteiger partial charge in [-0.05, 0) is 56.4 Å². The van der Waals surface area contributed by atoms with Crippen LogP contribution in [0, 0.1) is 30.6 Å². The van der Waals surface area contributed by atoms with E-state index in [1.54, 1.807) is 37.3 Å². The first-order valence-electron chi connectivity index (χ1n) is 9.35. The molecule has 2 fully saturated rings. The van der Waals surface area contributed by atoms with Crippen LogP contribution in [0.4, 0.5) is 11.5 Å². The lowest BCUT2D eigenvalue weighted by Crippen LogP contribution is -2.33. The van der Waals surface area contributed by atoms with Crippen molar-refractivity contribution >= 4 is 29.2 Å². The molecule has 1 aromatic heterocycles. The third-order valence-electron chi connectivity index (χ3n) is 6.14. The minimum atomic E-state index is -0.339. The molecule has 1 aromatic carbocycles. The fraction of sp³-hybridized carbons (Fsp3) is 0.333. The summed E-state index contributed by atoms with van der Waals surface area (Å²) in [6, 6.07) is 8.11. The molecular weight excluding hydrogens is 358 g/mol. The van der Waals surface area contributed by atoms with Crippen LogP contribution in [0.25, 0.3) is 0 Å². The summed E-state index contributed by atoms with van der Waals surface area (Å²) in [6.45, 7) is 3.78. The molecular formula is C21H19N3O4. The third-order valence-corrected chi connectivity index (χ3v) is 6.14. The Hall–Kier alpha value is -3.22. The average Bonchev–Trinajstić information content (AvgIpc) is 3.40. The first-order valence-corrected chi connectivity index (χ1v) is 9.35. The Kier molecular flexibility index (Phi) is 3.56. The van der Waals surface area contributed by atoms with Crippen LogP contribution in [-0.4, -0.2) is 22.9 Å². The lowest BCUT2D eigenvalue weighted by atomic mass is 9.82. The van der Waals surface area contributed by atoms with Crippen LogP contribution in [0.15, 0.2) is 46.5 Å². The number of hydrogen-bond donors (Lipinski definition) is 1. The second kappa shape index (κ2) is 5.89. The Morgan fingerprint density at radius 1 is 1.14 bits per heavy atom. The minimum absolute atomic E-state index is 0.120. The molecule has 142 valence electrons. The van der Waals surface area contributed by atoms with Crippen LogP contribution in [0.1, 0.15) is 29.5 Å². The molecule has 2 aliphatic carbocycles. The number of imide groups is 1. The van der Waals surface area contributed by atoms with Gasteiger partial charge < -0.3 is 9.84 Å². The van der Waals surface area contributed by atoms with E-state index in [9.17, 15) is 14.4 Å². The second-order valence-electron chi connectivity index (χ2n) is 7.80. The van der Waals surface area contributed by atoms with Crippen molar-refractivity contribution in [2.24, 2.45) is 23.7 Å². The first-order chi connectivity index (χ1) is 13.4. The summed E-state index contributed by atoms with van der Waals surface area (Å²) in [4.78, 5) is 39.5. The number of carbonyl (C=O) groups excluding carboxylic acids is 3. The van der Waals surface area contributed by atoms with Gasteiger partial charge >= 0.3 is 0 Å². The van der Waals surface area contributed by atoms with Crippen molar-refractivity contribution in [3.8, 4) is 0 Å². The fourth-order valence-electron chi connectivity index (χ4n) is 4.90. The average molecular weight is 377 g/mol. The molecule has 28 heavy (non-hydrogen) atoms. The Morgan fingerprint density at radius 2 is 1.86 bits per heavy atom. The lowest BCUT2D eigenvalue weighted by molar-refractivity contribution is -0.123. The number of aromatic nitrogens is 1. The van der Waals surface area contributed by atoms with E-state index in [4.69, 9.17) is 4.52 Å². The number of fused-ring (bicyclic) bond motifs is 5. The summed E-state index contributed by atoms with van der Waals surface area (Å²) in [5.74, 6) is 0.240. The van der Waals surface area contributed by atoms with Crippen LogP contribution < -0.4 is 10.2 Å². The summed E-state index contributed by atoms with van der Waals surface area (Å²) < 4.78 is 4.93. The van der Waals surface area contributed by atoms with Crippen LogP contribution in [0.2, 0.25) is 0 Å². The van der Waals surface area contributed by atoms with Crippen LogP contribution in [0.3, 0.4) is 0 Å². The largest absolute Gasteiger partial charge is 0.360 e. The van der Waals surface area contributed by atoms with E-state index in [1.807, 2.05) is 6.92 Å². The molecule has 7 nitrogen and oxygen atoms in total. The maximum Gasteiger partial charge on any atom is 0.256 e. The number of amides is 3. The summed E-state index contributed by atoms with van der Waals surface area (Å²) in [5.41, 5.74) is 2.14. The van der Waals surface area contributed by atoms with Gasteiger partial charge in [-0.25, -0.2) is 0 Å².